The molecular weight excluding hydrogens is 334 g/mol. The summed E-state index contributed by atoms with van der Waals surface area (Å²) in [6.45, 7) is 2.23. The predicted molar refractivity (Wildman–Crippen MR) is 93.7 cm³/mol. The van der Waals surface area contributed by atoms with E-state index in [1.54, 1.807) is 7.11 Å². The van der Waals surface area contributed by atoms with Crippen molar-refractivity contribution in [2.45, 2.75) is 13.0 Å². The van der Waals surface area contributed by atoms with Crippen LogP contribution in [0.15, 0.2) is 42.5 Å². The van der Waals surface area contributed by atoms with Gasteiger partial charge in [-0.1, -0.05) is 12.1 Å². The van der Waals surface area contributed by atoms with E-state index in [4.69, 9.17) is 21.7 Å². The number of para-hydroxylation sites is 2. The lowest BCUT2D eigenvalue weighted by Gasteiger charge is -2.18. The summed E-state index contributed by atoms with van der Waals surface area (Å²) >= 11 is 5.15. The first kappa shape index (κ1) is 17.9. The lowest BCUT2D eigenvalue weighted by Crippen LogP contribution is -2.39. The van der Waals surface area contributed by atoms with Crippen molar-refractivity contribution in [2.24, 2.45) is 0 Å². The molecule has 1 atom stereocenters. The molecule has 2 rings (SSSR count). The minimum absolute atomic E-state index is 0.111. The Morgan fingerprint density at radius 2 is 1.83 bits per heavy atom. The number of nitrogens with one attached hydrogen (secondary N) is 2. The molecule has 0 bridgehead atoms. The van der Waals surface area contributed by atoms with Crippen LogP contribution in [0.3, 0.4) is 0 Å². The zero-order valence-electron chi connectivity index (χ0n) is 13.3. The second-order valence-corrected chi connectivity index (χ2v) is 5.50. The number of anilines is 1. The molecule has 7 heteroatoms. The van der Waals surface area contributed by atoms with Crippen LogP contribution < -0.4 is 20.1 Å². The van der Waals surface area contributed by atoms with Crippen LogP contribution in [-0.2, 0) is 0 Å². The lowest BCUT2D eigenvalue weighted by molar-refractivity contribution is 0.270. The Balaban J connectivity index is 1.84. The highest BCUT2D eigenvalue weighted by molar-refractivity contribution is 7.80. The van der Waals surface area contributed by atoms with Crippen molar-refractivity contribution >= 4 is 23.0 Å². The van der Waals surface area contributed by atoms with Crippen LogP contribution in [0.25, 0.3) is 0 Å². The Hall–Kier alpha value is -2.41. The standard InChI is InChI=1S/C17H18F2N2O2S/c1-11(10-23-16-6-4-3-5-15(16)22-2)20-17(24)21-12-7-8-13(18)14(19)9-12/h3-9,11H,10H2,1-2H3,(H2,20,21,24)/t11-/m0/s1. The highest BCUT2D eigenvalue weighted by atomic mass is 32.1. The summed E-state index contributed by atoms with van der Waals surface area (Å²) in [5, 5.41) is 6.09. The zero-order chi connectivity index (χ0) is 17.5. The van der Waals surface area contributed by atoms with Crippen molar-refractivity contribution in [1.82, 2.24) is 5.32 Å². The van der Waals surface area contributed by atoms with Crippen molar-refractivity contribution in [3.05, 3.63) is 54.1 Å². The third-order valence-electron chi connectivity index (χ3n) is 3.11. The second-order valence-electron chi connectivity index (χ2n) is 5.09. The highest BCUT2D eigenvalue weighted by Gasteiger charge is 2.09. The van der Waals surface area contributed by atoms with Gasteiger partial charge in [0.25, 0.3) is 0 Å². The van der Waals surface area contributed by atoms with Crippen molar-refractivity contribution in [2.75, 3.05) is 19.0 Å². The molecule has 0 unspecified atom stereocenters. The summed E-state index contributed by atoms with van der Waals surface area (Å²) in [5.74, 6) is -0.561. The van der Waals surface area contributed by atoms with Gasteiger partial charge in [-0.05, 0) is 43.4 Å². The van der Waals surface area contributed by atoms with Crippen LogP contribution in [0.1, 0.15) is 6.92 Å². The summed E-state index contributed by atoms with van der Waals surface area (Å²) in [5.41, 5.74) is 0.365. The van der Waals surface area contributed by atoms with Gasteiger partial charge in [-0.25, -0.2) is 8.78 Å². The van der Waals surface area contributed by atoms with Crippen LogP contribution in [-0.4, -0.2) is 24.9 Å². The Bertz CT molecular complexity index is 713. The fourth-order valence-electron chi connectivity index (χ4n) is 1.96. The monoisotopic (exact) mass is 352 g/mol. The normalized spacial score (nSPS) is 11.5. The van der Waals surface area contributed by atoms with Crippen LogP contribution in [0.2, 0.25) is 0 Å². The topological polar surface area (TPSA) is 42.5 Å². The van der Waals surface area contributed by atoms with E-state index in [1.807, 2.05) is 31.2 Å². The van der Waals surface area contributed by atoms with Gasteiger partial charge in [0.2, 0.25) is 0 Å². The summed E-state index contributed by atoms with van der Waals surface area (Å²) in [4.78, 5) is 0. The number of benzene rings is 2. The van der Waals surface area contributed by atoms with E-state index >= 15 is 0 Å². The van der Waals surface area contributed by atoms with E-state index in [0.29, 0.717) is 23.8 Å². The van der Waals surface area contributed by atoms with E-state index in [9.17, 15) is 8.78 Å². The summed E-state index contributed by atoms with van der Waals surface area (Å²) in [6, 6.07) is 10.7. The molecule has 0 aliphatic carbocycles. The van der Waals surface area contributed by atoms with Gasteiger partial charge in [-0.2, -0.15) is 0 Å². The smallest absolute Gasteiger partial charge is 0.171 e. The van der Waals surface area contributed by atoms with Crippen molar-refractivity contribution in [3.8, 4) is 11.5 Å². The zero-order valence-corrected chi connectivity index (χ0v) is 14.1. The minimum atomic E-state index is -0.935. The molecule has 0 saturated carbocycles. The molecule has 128 valence electrons. The molecule has 0 spiro atoms. The minimum Gasteiger partial charge on any atom is -0.493 e. The third kappa shape index (κ3) is 5.06. The Morgan fingerprint density at radius 3 is 2.50 bits per heavy atom. The van der Waals surface area contributed by atoms with Gasteiger partial charge in [-0.3, -0.25) is 0 Å². The SMILES string of the molecule is COc1ccccc1OC[C@H](C)NC(=S)Nc1ccc(F)c(F)c1. The molecule has 0 radical (unpaired) electrons. The first-order valence-corrected chi connectivity index (χ1v) is 7.69. The fourth-order valence-corrected chi connectivity index (χ4v) is 2.28. The molecule has 0 heterocycles. The van der Waals surface area contributed by atoms with Gasteiger partial charge < -0.3 is 20.1 Å². The van der Waals surface area contributed by atoms with Crippen molar-refractivity contribution < 1.29 is 18.3 Å². The van der Waals surface area contributed by atoms with Crippen LogP contribution in [0.5, 0.6) is 11.5 Å². The van der Waals surface area contributed by atoms with Gasteiger partial charge >= 0.3 is 0 Å². The molecule has 24 heavy (non-hydrogen) atoms. The maximum Gasteiger partial charge on any atom is 0.171 e. The molecule has 2 aromatic carbocycles. The van der Waals surface area contributed by atoms with E-state index in [2.05, 4.69) is 10.6 Å². The first-order chi connectivity index (χ1) is 11.5. The molecule has 0 fully saturated rings. The van der Waals surface area contributed by atoms with Crippen molar-refractivity contribution in [1.29, 1.82) is 0 Å². The van der Waals surface area contributed by atoms with Crippen LogP contribution >= 0.6 is 12.2 Å². The lowest BCUT2D eigenvalue weighted by atomic mass is 10.3. The summed E-state index contributed by atoms with van der Waals surface area (Å²) in [6.07, 6.45) is 0. The van der Waals surface area contributed by atoms with Gasteiger partial charge in [0.15, 0.2) is 28.2 Å². The molecule has 0 saturated heterocycles. The number of hydrogen-bond acceptors (Lipinski definition) is 3. The summed E-state index contributed by atoms with van der Waals surface area (Å²) in [7, 11) is 1.57. The van der Waals surface area contributed by atoms with E-state index in [1.165, 1.54) is 6.07 Å². The van der Waals surface area contributed by atoms with Gasteiger partial charge in [0, 0.05) is 11.8 Å². The van der Waals surface area contributed by atoms with Gasteiger partial charge in [-0.15, -0.1) is 0 Å². The maximum atomic E-state index is 13.2. The number of rotatable bonds is 6. The molecule has 0 aromatic heterocycles. The maximum absolute atomic E-state index is 13.2. The van der Waals surface area contributed by atoms with E-state index in [0.717, 1.165) is 12.1 Å². The second kappa shape index (κ2) is 8.44. The Labute approximate surface area is 144 Å². The largest absolute Gasteiger partial charge is 0.493 e. The summed E-state index contributed by atoms with van der Waals surface area (Å²) < 4.78 is 37.0. The van der Waals surface area contributed by atoms with Gasteiger partial charge in [0.1, 0.15) is 6.61 Å². The average Bonchev–Trinajstić information content (AvgIpc) is 2.56. The van der Waals surface area contributed by atoms with Gasteiger partial charge in [0.05, 0.1) is 13.2 Å². The van der Waals surface area contributed by atoms with Crippen LogP contribution in [0, 0.1) is 11.6 Å². The fraction of sp³-hybridized carbons (Fsp3) is 0.235. The third-order valence-corrected chi connectivity index (χ3v) is 3.33. The first-order valence-electron chi connectivity index (χ1n) is 7.28. The Kier molecular flexibility index (Phi) is 6.31. The number of methoxy groups -OCH3 is 1. The van der Waals surface area contributed by atoms with Crippen molar-refractivity contribution in [3.63, 3.8) is 0 Å². The number of ether oxygens (including phenoxy) is 2. The molecule has 2 N–H and O–H groups in total. The number of thiocarbonyl (C=S) groups is 1. The Morgan fingerprint density at radius 1 is 1.12 bits per heavy atom. The van der Waals surface area contributed by atoms with E-state index in [-0.39, 0.29) is 11.2 Å². The molecule has 4 nitrogen and oxygen atoms in total. The molecule has 2 aromatic rings. The highest BCUT2D eigenvalue weighted by Crippen LogP contribution is 2.25. The quantitative estimate of drug-likeness (QED) is 0.776. The van der Waals surface area contributed by atoms with E-state index < -0.39 is 11.6 Å². The predicted octanol–water partition coefficient (Wildman–Crippen LogP) is 3.73. The van der Waals surface area contributed by atoms with Crippen LogP contribution in [0.4, 0.5) is 14.5 Å². The molecular formula is C17H18F2N2O2S. The molecule has 0 aliphatic rings. The number of hydrogen-bond donors (Lipinski definition) is 2. The molecule has 0 aliphatic heterocycles. The molecule has 0 amide bonds. The number of halogens is 2. The average molecular weight is 352 g/mol.